The summed E-state index contributed by atoms with van der Waals surface area (Å²) in [6, 6.07) is 3.78. The molecule has 7 heteroatoms. The van der Waals surface area contributed by atoms with E-state index in [-0.39, 0.29) is 35.2 Å². The molecule has 26 heavy (non-hydrogen) atoms. The van der Waals surface area contributed by atoms with Crippen molar-refractivity contribution in [1.29, 1.82) is 0 Å². The smallest absolute Gasteiger partial charge is 0.261 e. The summed E-state index contributed by atoms with van der Waals surface area (Å²) in [5, 5.41) is 4.94. The van der Waals surface area contributed by atoms with Crippen LogP contribution in [0.15, 0.2) is 17.5 Å². The number of likely N-dealkylation sites (tertiary alicyclic amines) is 2. The number of hydrogen-bond donors (Lipinski definition) is 1. The Morgan fingerprint density at radius 3 is 2.46 bits per heavy atom. The second kappa shape index (κ2) is 7.39. The van der Waals surface area contributed by atoms with Gasteiger partial charge in [0, 0.05) is 37.6 Å². The van der Waals surface area contributed by atoms with Crippen LogP contribution in [0.3, 0.4) is 0 Å². The van der Waals surface area contributed by atoms with E-state index in [0.29, 0.717) is 26.1 Å². The third-order valence-electron chi connectivity index (χ3n) is 5.17. The molecule has 1 atom stereocenters. The fraction of sp³-hybridized carbons (Fsp3) is 0.632. The monoisotopic (exact) mass is 377 g/mol. The van der Waals surface area contributed by atoms with Crippen LogP contribution in [0.4, 0.5) is 0 Å². The fourth-order valence-corrected chi connectivity index (χ4v) is 4.31. The molecule has 1 aromatic rings. The van der Waals surface area contributed by atoms with Crippen LogP contribution in [0.2, 0.25) is 0 Å². The van der Waals surface area contributed by atoms with Crippen molar-refractivity contribution in [2.24, 2.45) is 5.92 Å². The lowest BCUT2D eigenvalue weighted by molar-refractivity contribution is -0.136. The van der Waals surface area contributed by atoms with E-state index in [1.807, 2.05) is 48.1 Å². The minimum Gasteiger partial charge on any atom is -0.348 e. The van der Waals surface area contributed by atoms with Crippen LogP contribution in [0, 0.1) is 5.92 Å². The van der Waals surface area contributed by atoms with Crippen LogP contribution in [-0.4, -0.2) is 58.7 Å². The van der Waals surface area contributed by atoms with Crippen molar-refractivity contribution in [3.63, 3.8) is 0 Å². The molecular formula is C19H27N3O3S. The molecule has 3 heterocycles. The number of carbonyl (C=O) groups is 3. The van der Waals surface area contributed by atoms with Gasteiger partial charge in [-0.2, -0.15) is 0 Å². The Morgan fingerprint density at radius 2 is 1.92 bits per heavy atom. The van der Waals surface area contributed by atoms with Crippen molar-refractivity contribution >= 4 is 29.1 Å². The van der Waals surface area contributed by atoms with Crippen molar-refractivity contribution in [2.75, 3.05) is 19.6 Å². The van der Waals surface area contributed by atoms with Crippen molar-refractivity contribution < 1.29 is 14.4 Å². The number of nitrogens with zero attached hydrogens (tertiary/aromatic N) is 2. The molecule has 0 spiro atoms. The quantitative estimate of drug-likeness (QED) is 0.877. The van der Waals surface area contributed by atoms with Gasteiger partial charge in [-0.15, -0.1) is 11.3 Å². The van der Waals surface area contributed by atoms with Gasteiger partial charge in [0.15, 0.2) is 0 Å². The number of thiophene rings is 1. The lowest BCUT2D eigenvalue weighted by Crippen LogP contribution is -2.48. The molecule has 2 fully saturated rings. The molecule has 0 aromatic carbocycles. The molecule has 142 valence electrons. The molecule has 3 amide bonds. The maximum atomic E-state index is 12.8. The first-order valence-corrected chi connectivity index (χ1v) is 10.1. The summed E-state index contributed by atoms with van der Waals surface area (Å²) in [4.78, 5) is 41.5. The van der Waals surface area contributed by atoms with Gasteiger partial charge in [0.2, 0.25) is 11.8 Å². The van der Waals surface area contributed by atoms with Gasteiger partial charge in [0.05, 0.1) is 10.8 Å². The average Bonchev–Trinajstić information content (AvgIpc) is 3.24. The Kier molecular flexibility index (Phi) is 5.37. The number of carbonyl (C=O) groups excluding carboxylic acids is 3. The second-order valence-electron chi connectivity index (χ2n) is 8.13. The van der Waals surface area contributed by atoms with E-state index < -0.39 is 0 Å². The summed E-state index contributed by atoms with van der Waals surface area (Å²) in [5.74, 6) is -0.131. The molecule has 1 aromatic heterocycles. The number of piperidine rings is 1. The molecule has 1 unspecified atom stereocenters. The molecule has 3 rings (SSSR count). The highest BCUT2D eigenvalue weighted by molar-refractivity contribution is 7.12. The van der Waals surface area contributed by atoms with Crippen molar-refractivity contribution in [1.82, 2.24) is 15.1 Å². The van der Waals surface area contributed by atoms with E-state index in [1.54, 1.807) is 0 Å². The Balaban J connectivity index is 1.50. The van der Waals surface area contributed by atoms with Crippen LogP contribution in [-0.2, 0) is 9.59 Å². The van der Waals surface area contributed by atoms with E-state index in [1.165, 1.54) is 11.3 Å². The molecular weight excluding hydrogens is 350 g/mol. The molecule has 6 nitrogen and oxygen atoms in total. The number of amides is 3. The third-order valence-corrected chi connectivity index (χ3v) is 6.04. The van der Waals surface area contributed by atoms with Gasteiger partial charge in [0.25, 0.3) is 5.91 Å². The lowest BCUT2D eigenvalue weighted by Gasteiger charge is -2.35. The first-order valence-electron chi connectivity index (χ1n) is 9.19. The zero-order valence-corrected chi connectivity index (χ0v) is 16.5. The first-order chi connectivity index (χ1) is 12.3. The molecule has 0 radical (unpaired) electrons. The maximum Gasteiger partial charge on any atom is 0.261 e. The Hall–Kier alpha value is -1.89. The molecule has 2 saturated heterocycles. The fourth-order valence-electron chi connectivity index (χ4n) is 3.69. The van der Waals surface area contributed by atoms with Gasteiger partial charge < -0.3 is 15.1 Å². The highest BCUT2D eigenvalue weighted by atomic mass is 32.1. The maximum absolute atomic E-state index is 12.8. The predicted molar refractivity (Wildman–Crippen MR) is 101 cm³/mol. The zero-order valence-electron chi connectivity index (χ0n) is 15.7. The van der Waals surface area contributed by atoms with Crippen LogP contribution in [0.5, 0.6) is 0 Å². The van der Waals surface area contributed by atoms with Gasteiger partial charge >= 0.3 is 0 Å². The van der Waals surface area contributed by atoms with Crippen LogP contribution in [0.1, 0.15) is 49.7 Å². The number of hydrogen-bond acceptors (Lipinski definition) is 4. The highest BCUT2D eigenvalue weighted by Gasteiger charge is 2.41. The van der Waals surface area contributed by atoms with E-state index in [2.05, 4.69) is 5.32 Å². The van der Waals surface area contributed by atoms with Gasteiger partial charge in [0.1, 0.15) is 0 Å². The SMILES string of the molecule is CC(C)(C)N1CC(C(=O)N2CCC(NC(=O)c3cccs3)CC2)CC1=O. The van der Waals surface area contributed by atoms with Gasteiger partial charge in [-0.1, -0.05) is 6.07 Å². The predicted octanol–water partition coefficient (Wildman–Crippen LogP) is 2.12. The Labute approximate surface area is 158 Å². The third kappa shape index (κ3) is 4.09. The topological polar surface area (TPSA) is 69.7 Å². The summed E-state index contributed by atoms with van der Waals surface area (Å²) in [5.41, 5.74) is -0.245. The standard InChI is InChI=1S/C19H27N3O3S/c1-19(2,3)22-12-13(11-16(22)23)18(25)21-8-6-14(7-9-21)20-17(24)15-5-4-10-26-15/h4-5,10,13-14H,6-9,11-12H2,1-3H3,(H,20,24). The molecule has 2 aliphatic rings. The van der Waals surface area contributed by atoms with Gasteiger partial charge in [-0.25, -0.2) is 0 Å². The normalized spacial score (nSPS) is 22.0. The minimum atomic E-state index is -0.245. The lowest BCUT2D eigenvalue weighted by atomic mass is 10.0. The van der Waals surface area contributed by atoms with E-state index in [0.717, 1.165) is 17.7 Å². The molecule has 0 saturated carbocycles. The van der Waals surface area contributed by atoms with Crippen molar-refractivity contribution in [2.45, 2.75) is 51.6 Å². The largest absolute Gasteiger partial charge is 0.348 e. The minimum absolute atomic E-state index is 0.0352. The molecule has 0 aliphatic carbocycles. The number of nitrogens with one attached hydrogen (secondary N) is 1. The zero-order chi connectivity index (χ0) is 18.9. The summed E-state index contributed by atoms with van der Waals surface area (Å²) < 4.78 is 0. The molecule has 0 bridgehead atoms. The summed E-state index contributed by atoms with van der Waals surface area (Å²) in [7, 11) is 0. The molecule has 1 N–H and O–H groups in total. The van der Waals surface area contributed by atoms with E-state index in [9.17, 15) is 14.4 Å². The summed E-state index contributed by atoms with van der Waals surface area (Å²) in [6.07, 6.45) is 1.82. The average molecular weight is 378 g/mol. The second-order valence-corrected chi connectivity index (χ2v) is 9.07. The molecule has 2 aliphatic heterocycles. The van der Waals surface area contributed by atoms with Crippen molar-refractivity contribution in [3.05, 3.63) is 22.4 Å². The van der Waals surface area contributed by atoms with Gasteiger partial charge in [-0.3, -0.25) is 14.4 Å². The van der Waals surface area contributed by atoms with Crippen LogP contribution < -0.4 is 5.32 Å². The summed E-state index contributed by atoms with van der Waals surface area (Å²) in [6.45, 7) is 7.78. The highest BCUT2D eigenvalue weighted by Crippen LogP contribution is 2.28. The Bertz CT molecular complexity index is 673. The van der Waals surface area contributed by atoms with E-state index in [4.69, 9.17) is 0 Å². The summed E-state index contributed by atoms with van der Waals surface area (Å²) >= 11 is 1.43. The van der Waals surface area contributed by atoms with Gasteiger partial charge in [-0.05, 0) is 45.1 Å². The Morgan fingerprint density at radius 1 is 1.23 bits per heavy atom. The van der Waals surface area contributed by atoms with Crippen LogP contribution >= 0.6 is 11.3 Å². The van der Waals surface area contributed by atoms with E-state index >= 15 is 0 Å². The van der Waals surface area contributed by atoms with Crippen LogP contribution in [0.25, 0.3) is 0 Å². The first kappa shape index (κ1) is 18.9. The number of rotatable bonds is 3. The van der Waals surface area contributed by atoms with Crippen molar-refractivity contribution in [3.8, 4) is 0 Å².